The second-order valence-electron chi connectivity index (χ2n) is 6.64. The van der Waals surface area contributed by atoms with Crippen molar-refractivity contribution in [2.75, 3.05) is 12.4 Å². The number of methoxy groups -OCH3 is 1. The molecule has 0 atom stereocenters. The van der Waals surface area contributed by atoms with Crippen molar-refractivity contribution in [3.63, 3.8) is 0 Å². The van der Waals surface area contributed by atoms with Crippen LogP contribution in [-0.2, 0) is 16.6 Å². The third kappa shape index (κ3) is 3.43. The average Bonchev–Trinajstić information content (AvgIpc) is 3.14. The van der Waals surface area contributed by atoms with Crippen molar-refractivity contribution in [3.05, 3.63) is 41.1 Å². The van der Waals surface area contributed by atoms with E-state index in [-0.39, 0.29) is 17.7 Å². The molecule has 0 aliphatic heterocycles. The number of carbonyl (C=O) groups is 1. The number of furan rings is 1. The smallest absolute Gasteiger partial charge is 0.230 e. The van der Waals surface area contributed by atoms with E-state index in [1.165, 1.54) is 11.3 Å². The maximum Gasteiger partial charge on any atom is 0.230 e. The fraction of sp³-hybridized carbons (Fsp3) is 0.333. The summed E-state index contributed by atoms with van der Waals surface area (Å²) in [6, 6.07) is 5.57. The number of fused-ring (bicyclic) bond motifs is 1. The first-order chi connectivity index (χ1) is 11.4. The molecule has 1 N–H and O–H groups in total. The largest absolute Gasteiger partial charge is 0.497 e. The van der Waals surface area contributed by atoms with E-state index in [9.17, 15) is 4.79 Å². The first-order valence-electron chi connectivity index (χ1n) is 7.67. The number of nitrogens with one attached hydrogen (secondary N) is 1. The lowest BCUT2D eigenvalue weighted by Crippen LogP contribution is -2.15. The van der Waals surface area contributed by atoms with Gasteiger partial charge in [0, 0.05) is 27.8 Å². The third-order valence-electron chi connectivity index (χ3n) is 3.73. The lowest BCUT2D eigenvalue weighted by molar-refractivity contribution is -0.115. The summed E-state index contributed by atoms with van der Waals surface area (Å²) in [5, 5.41) is 6.38. The molecule has 3 aromatic rings. The number of thiazole rings is 1. The molecular weight excluding hydrogens is 324 g/mol. The first kappa shape index (κ1) is 16.5. The number of hydrogen-bond donors (Lipinski definition) is 1. The Labute approximate surface area is 144 Å². The van der Waals surface area contributed by atoms with Gasteiger partial charge in [0.25, 0.3) is 0 Å². The topological polar surface area (TPSA) is 64.4 Å². The number of nitrogens with zero attached hydrogens (tertiary/aromatic N) is 1. The molecule has 24 heavy (non-hydrogen) atoms. The van der Waals surface area contributed by atoms with Crippen LogP contribution in [0.4, 0.5) is 5.13 Å². The summed E-state index contributed by atoms with van der Waals surface area (Å²) in [6.45, 7) is 6.29. The van der Waals surface area contributed by atoms with E-state index < -0.39 is 0 Å². The molecule has 6 heteroatoms. The summed E-state index contributed by atoms with van der Waals surface area (Å²) in [4.78, 5) is 16.8. The predicted octanol–water partition coefficient (Wildman–Crippen LogP) is 4.38. The summed E-state index contributed by atoms with van der Waals surface area (Å²) in [5.74, 6) is 0.619. The second-order valence-corrected chi connectivity index (χ2v) is 7.49. The molecule has 0 radical (unpaired) electrons. The molecule has 0 spiro atoms. The highest BCUT2D eigenvalue weighted by molar-refractivity contribution is 7.13. The average molecular weight is 344 g/mol. The van der Waals surface area contributed by atoms with E-state index >= 15 is 0 Å². The maximum absolute atomic E-state index is 12.3. The fourth-order valence-corrected chi connectivity index (χ4v) is 3.29. The Morgan fingerprint density at radius 3 is 2.83 bits per heavy atom. The third-order valence-corrected chi connectivity index (χ3v) is 4.49. The molecule has 2 heterocycles. The lowest BCUT2D eigenvalue weighted by Gasteiger charge is -2.14. The Morgan fingerprint density at radius 2 is 2.17 bits per heavy atom. The van der Waals surface area contributed by atoms with Crippen molar-refractivity contribution in [1.29, 1.82) is 0 Å². The maximum atomic E-state index is 12.3. The Hall–Kier alpha value is -2.34. The van der Waals surface area contributed by atoms with Crippen molar-refractivity contribution in [3.8, 4) is 5.75 Å². The van der Waals surface area contributed by atoms with Crippen molar-refractivity contribution in [1.82, 2.24) is 4.98 Å². The molecular formula is C18H20N2O3S. The van der Waals surface area contributed by atoms with Gasteiger partial charge >= 0.3 is 0 Å². The van der Waals surface area contributed by atoms with Crippen LogP contribution < -0.4 is 10.1 Å². The van der Waals surface area contributed by atoms with Crippen LogP contribution in [-0.4, -0.2) is 18.0 Å². The van der Waals surface area contributed by atoms with Crippen molar-refractivity contribution in [2.45, 2.75) is 32.6 Å². The van der Waals surface area contributed by atoms with Gasteiger partial charge in [-0.3, -0.25) is 4.79 Å². The highest BCUT2D eigenvalue weighted by Crippen LogP contribution is 2.28. The van der Waals surface area contributed by atoms with Gasteiger partial charge in [-0.15, -0.1) is 11.3 Å². The first-order valence-corrected chi connectivity index (χ1v) is 8.55. The van der Waals surface area contributed by atoms with Crippen LogP contribution in [0.3, 0.4) is 0 Å². The van der Waals surface area contributed by atoms with Gasteiger partial charge in [-0.05, 0) is 12.1 Å². The van der Waals surface area contributed by atoms with E-state index in [1.807, 2.05) is 23.6 Å². The number of hydrogen-bond acceptors (Lipinski definition) is 5. The van der Waals surface area contributed by atoms with E-state index in [0.29, 0.717) is 10.7 Å². The Balaban J connectivity index is 1.72. The van der Waals surface area contributed by atoms with Gasteiger partial charge in [0.2, 0.25) is 5.91 Å². The van der Waals surface area contributed by atoms with Crippen molar-refractivity contribution >= 4 is 33.3 Å². The lowest BCUT2D eigenvalue weighted by atomic mass is 9.93. The Bertz CT molecular complexity index is 874. The normalized spacial score (nSPS) is 11.7. The van der Waals surface area contributed by atoms with E-state index in [2.05, 4.69) is 31.1 Å². The number of amides is 1. The molecule has 1 aromatic carbocycles. The summed E-state index contributed by atoms with van der Waals surface area (Å²) in [6.07, 6.45) is 1.86. The highest BCUT2D eigenvalue weighted by atomic mass is 32.1. The molecule has 5 nitrogen and oxygen atoms in total. The number of ether oxygens (including phenoxy) is 1. The number of carbonyl (C=O) groups excluding carboxylic acids is 1. The van der Waals surface area contributed by atoms with Gasteiger partial charge in [-0.1, -0.05) is 20.8 Å². The second kappa shape index (κ2) is 6.28. The fourth-order valence-electron chi connectivity index (χ4n) is 2.34. The standard InChI is InChI=1S/C18H20N2O3S/c1-18(2,3)15-10-24-17(19-15)20-16(21)7-11-9-23-14-8-12(22-4)5-6-13(11)14/h5-6,8-10H,7H2,1-4H3,(H,19,20,21). The number of anilines is 1. The van der Waals surface area contributed by atoms with Crippen LogP contribution in [0.15, 0.2) is 34.3 Å². The summed E-state index contributed by atoms with van der Waals surface area (Å²) < 4.78 is 10.7. The van der Waals surface area contributed by atoms with Crippen molar-refractivity contribution in [2.24, 2.45) is 0 Å². The molecule has 0 saturated carbocycles. The zero-order chi connectivity index (χ0) is 17.3. The van der Waals surface area contributed by atoms with Crippen LogP contribution in [0.5, 0.6) is 5.75 Å². The highest BCUT2D eigenvalue weighted by Gasteiger charge is 2.18. The van der Waals surface area contributed by atoms with E-state index in [0.717, 1.165) is 22.4 Å². The zero-order valence-corrected chi connectivity index (χ0v) is 15.0. The van der Waals surface area contributed by atoms with Crippen LogP contribution in [0.2, 0.25) is 0 Å². The molecule has 0 fully saturated rings. The van der Waals surface area contributed by atoms with Gasteiger partial charge in [0.1, 0.15) is 11.3 Å². The molecule has 0 aliphatic rings. The molecule has 0 aliphatic carbocycles. The molecule has 126 valence electrons. The van der Waals surface area contributed by atoms with E-state index in [4.69, 9.17) is 9.15 Å². The van der Waals surface area contributed by atoms with Gasteiger partial charge in [0.15, 0.2) is 5.13 Å². The molecule has 1 amide bonds. The zero-order valence-electron chi connectivity index (χ0n) is 14.2. The van der Waals surface area contributed by atoms with Crippen molar-refractivity contribution < 1.29 is 13.9 Å². The van der Waals surface area contributed by atoms with Crippen LogP contribution in [0, 0.1) is 0 Å². The minimum absolute atomic E-state index is 0.0285. The van der Waals surface area contributed by atoms with E-state index in [1.54, 1.807) is 13.4 Å². The molecule has 3 rings (SSSR count). The molecule has 0 unspecified atom stereocenters. The van der Waals surface area contributed by atoms with Crippen LogP contribution in [0.25, 0.3) is 11.0 Å². The Morgan fingerprint density at radius 1 is 1.38 bits per heavy atom. The minimum atomic E-state index is -0.108. The SMILES string of the molecule is COc1ccc2c(CC(=O)Nc3nc(C(C)(C)C)cs3)coc2c1. The van der Waals surface area contributed by atoms with Crippen LogP contribution in [0.1, 0.15) is 32.0 Å². The van der Waals surface area contributed by atoms with Gasteiger partial charge in [-0.2, -0.15) is 0 Å². The Kier molecular flexibility index (Phi) is 4.32. The summed E-state index contributed by atoms with van der Waals surface area (Å²) in [5.41, 5.74) is 2.50. The quantitative estimate of drug-likeness (QED) is 0.763. The molecule has 2 aromatic heterocycles. The monoisotopic (exact) mass is 344 g/mol. The number of rotatable bonds is 4. The number of aromatic nitrogens is 1. The minimum Gasteiger partial charge on any atom is -0.497 e. The predicted molar refractivity (Wildman–Crippen MR) is 95.9 cm³/mol. The number of benzene rings is 1. The van der Waals surface area contributed by atoms with Gasteiger partial charge < -0.3 is 14.5 Å². The summed E-state index contributed by atoms with van der Waals surface area (Å²) >= 11 is 1.44. The van der Waals surface area contributed by atoms with Gasteiger partial charge in [-0.25, -0.2) is 4.98 Å². The van der Waals surface area contributed by atoms with Gasteiger partial charge in [0.05, 0.1) is 25.5 Å². The summed E-state index contributed by atoms with van der Waals surface area (Å²) in [7, 11) is 1.61. The molecule has 0 saturated heterocycles. The van der Waals surface area contributed by atoms with Crippen LogP contribution >= 0.6 is 11.3 Å². The molecule has 0 bridgehead atoms.